The Hall–Kier alpha value is -0.890. The van der Waals surface area contributed by atoms with E-state index in [4.69, 9.17) is 0 Å². The zero-order chi connectivity index (χ0) is 11.2. The van der Waals surface area contributed by atoms with Crippen molar-refractivity contribution in [2.24, 2.45) is 4.99 Å². The number of ketones is 1. The molecular weight excluding hydrogens is 207 g/mol. The number of carbonyl (C=O) groups excluding carboxylic acids is 1. The van der Waals surface area contributed by atoms with Crippen molar-refractivity contribution in [3.05, 3.63) is 23.9 Å². The molecule has 1 unspecified atom stereocenters. The fourth-order valence-corrected chi connectivity index (χ4v) is 0.821. The van der Waals surface area contributed by atoms with E-state index in [-0.39, 0.29) is 5.78 Å². The molecule has 0 rings (SSSR count). The lowest BCUT2D eigenvalue weighted by atomic mass is 10.3. The topological polar surface area (TPSA) is 29.4 Å². The van der Waals surface area contributed by atoms with Crippen molar-refractivity contribution in [2.75, 3.05) is 0 Å². The Morgan fingerprint density at radius 1 is 1.64 bits per heavy atom. The van der Waals surface area contributed by atoms with Gasteiger partial charge in [0.2, 0.25) is 0 Å². The first-order valence-corrected chi connectivity index (χ1v) is 4.54. The summed E-state index contributed by atoms with van der Waals surface area (Å²) in [6.45, 7) is 4.70. The van der Waals surface area contributed by atoms with E-state index in [1.54, 1.807) is 6.92 Å². The van der Waals surface area contributed by atoms with Crippen LogP contribution in [0.1, 0.15) is 13.3 Å². The molecular formula is C9H12F2NOP. The minimum absolute atomic E-state index is 0.128. The highest BCUT2D eigenvalue weighted by molar-refractivity contribution is 7.18. The Bertz CT molecular complexity index is 279. The van der Waals surface area contributed by atoms with E-state index in [0.29, 0.717) is 6.42 Å². The largest absolute Gasteiger partial charge is 0.300 e. The second kappa shape index (κ2) is 5.76. The fourth-order valence-electron chi connectivity index (χ4n) is 0.634. The molecule has 0 spiro atoms. The molecule has 5 heteroatoms. The number of alkyl halides is 2. The Morgan fingerprint density at radius 3 is 2.57 bits per heavy atom. The van der Waals surface area contributed by atoms with Crippen molar-refractivity contribution in [2.45, 2.75) is 19.0 Å². The second-order valence-electron chi connectivity index (χ2n) is 2.51. The number of halogens is 2. The third kappa shape index (κ3) is 4.97. The highest BCUT2D eigenvalue weighted by Gasteiger charge is 2.26. The standard InChI is InChI=1S/C9H12F2NOP/c1-3-7(13)5-4-6-8(12-2)9(10,11)14/h4-6H,2-3,14H2,1H3/b5-4+,8-6-. The molecule has 0 bridgehead atoms. The minimum Gasteiger partial charge on any atom is -0.295 e. The molecule has 0 saturated heterocycles. The molecule has 0 aromatic carbocycles. The van der Waals surface area contributed by atoms with Gasteiger partial charge in [0.05, 0.1) is 0 Å². The Morgan fingerprint density at radius 2 is 2.21 bits per heavy atom. The van der Waals surface area contributed by atoms with Crippen LogP contribution in [0.2, 0.25) is 0 Å². The molecule has 0 aliphatic heterocycles. The second-order valence-corrected chi connectivity index (χ2v) is 3.24. The highest BCUT2D eigenvalue weighted by atomic mass is 31.0. The first kappa shape index (κ1) is 13.1. The minimum atomic E-state index is -3.11. The molecule has 0 fully saturated rings. The predicted molar refractivity (Wildman–Crippen MR) is 56.7 cm³/mol. The van der Waals surface area contributed by atoms with Crippen LogP contribution in [0.4, 0.5) is 8.78 Å². The third-order valence-corrected chi connectivity index (χ3v) is 1.69. The Kier molecular flexibility index (Phi) is 5.39. The van der Waals surface area contributed by atoms with Gasteiger partial charge in [-0.25, -0.2) is 0 Å². The van der Waals surface area contributed by atoms with Crippen molar-refractivity contribution in [3.63, 3.8) is 0 Å². The van der Waals surface area contributed by atoms with Crippen LogP contribution in [0.3, 0.4) is 0 Å². The predicted octanol–water partition coefficient (Wildman–Crippen LogP) is 2.57. The SMILES string of the molecule is C=N/C(=C\C=C\C(=O)CC)C(F)(F)P. The van der Waals surface area contributed by atoms with Crippen LogP contribution in [0.15, 0.2) is 28.9 Å². The van der Waals surface area contributed by atoms with Gasteiger partial charge in [0.1, 0.15) is 5.70 Å². The summed E-state index contributed by atoms with van der Waals surface area (Å²) in [6.07, 6.45) is 3.88. The van der Waals surface area contributed by atoms with Gasteiger partial charge in [-0.15, -0.1) is 0 Å². The van der Waals surface area contributed by atoms with Gasteiger partial charge in [-0.2, -0.15) is 8.78 Å². The molecule has 0 radical (unpaired) electrons. The van der Waals surface area contributed by atoms with Crippen molar-refractivity contribution >= 4 is 21.7 Å². The van der Waals surface area contributed by atoms with Gasteiger partial charge in [-0.3, -0.25) is 9.79 Å². The zero-order valence-corrected chi connectivity index (χ0v) is 8.99. The van der Waals surface area contributed by atoms with Gasteiger partial charge < -0.3 is 0 Å². The van der Waals surface area contributed by atoms with Crippen molar-refractivity contribution in [3.8, 4) is 0 Å². The van der Waals surface area contributed by atoms with Gasteiger partial charge in [-0.05, 0) is 18.9 Å². The summed E-state index contributed by atoms with van der Waals surface area (Å²) in [5, 5.41) is 0. The van der Waals surface area contributed by atoms with Gasteiger partial charge in [-0.1, -0.05) is 22.2 Å². The average molecular weight is 219 g/mol. The van der Waals surface area contributed by atoms with Crippen LogP contribution >= 0.6 is 9.24 Å². The average Bonchev–Trinajstić information content (AvgIpc) is 2.09. The molecule has 0 aliphatic carbocycles. The molecule has 1 atom stereocenters. The number of nitrogens with zero attached hydrogens (tertiary/aromatic N) is 1. The molecule has 0 aromatic heterocycles. The van der Waals surface area contributed by atoms with Gasteiger partial charge in [0.15, 0.2) is 5.78 Å². The van der Waals surface area contributed by atoms with Crippen LogP contribution in [0, 0.1) is 0 Å². The molecule has 0 saturated carbocycles. The van der Waals surface area contributed by atoms with E-state index in [2.05, 4.69) is 11.7 Å². The van der Waals surface area contributed by atoms with Crippen LogP contribution < -0.4 is 0 Å². The van der Waals surface area contributed by atoms with Crippen molar-refractivity contribution < 1.29 is 13.6 Å². The quantitative estimate of drug-likeness (QED) is 0.302. The zero-order valence-electron chi connectivity index (χ0n) is 7.84. The highest BCUT2D eigenvalue weighted by Crippen LogP contribution is 2.31. The molecule has 0 aromatic rings. The van der Waals surface area contributed by atoms with Crippen LogP contribution in [0.5, 0.6) is 0 Å². The Balaban J connectivity index is 4.56. The lowest BCUT2D eigenvalue weighted by Crippen LogP contribution is -2.06. The van der Waals surface area contributed by atoms with Crippen LogP contribution in [0.25, 0.3) is 0 Å². The fraction of sp³-hybridized carbons (Fsp3) is 0.333. The van der Waals surface area contributed by atoms with Crippen LogP contribution in [-0.4, -0.2) is 18.2 Å². The van der Waals surface area contributed by atoms with E-state index in [9.17, 15) is 13.6 Å². The van der Waals surface area contributed by atoms with Crippen molar-refractivity contribution in [1.29, 1.82) is 0 Å². The summed E-state index contributed by atoms with van der Waals surface area (Å²) in [4.78, 5) is 13.9. The smallest absolute Gasteiger partial charge is 0.295 e. The molecule has 14 heavy (non-hydrogen) atoms. The maximum Gasteiger partial charge on any atom is 0.300 e. The molecule has 0 aliphatic rings. The maximum absolute atomic E-state index is 12.6. The van der Waals surface area contributed by atoms with Gasteiger partial charge >= 0.3 is 0 Å². The number of allylic oxidation sites excluding steroid dienone is 4. The van der Waals surface area contributed by atoms with E-state index in [1.807, 2.05) is 0 Å². The van der Waals surface area contributed by atoms with Crippen molar-refractivity contribution in [1.82, 2.24) is 0 Å². The molecule has 0 heterocycles. The lowest BCUT2D eigenvalue weighted by molar-refractivity contribution is -0.114. The number of hydrogen-bond donors (Lipinski definition) is 0. The number of aliphatic imine (C=N–C) groups is 1. The first-order chi connectivity index (χ1) is 6.41. The van der Waals surface area contributed by atoms with Gasteiger partial charge in [0.25, 0.3) is 5.66 Å². The van der Waals surface area contributed by atoms with Gasteiger partial charge in [0, 0.05) is 6.42 Å². The van der Waals surface area contributed by atoms with E-state index >= 15 is 0 Å². The molecule has 2 nitrogen and oxygen atoms in total. The summed E-state index contributed by atoms with van der Waals surface area (Å²) in [7, 11) is 1.35. The monoisotopic (exact) mass is 219 g/mol. The molecule has 0 amide bonds. The number of hydrogen-bond acceptors (Lipinski definition) is 2. The summed E-state index contributed by atoms with van der Waals surface area (Å²) < 4.78 is 25.3. The summed E-state index contributed by atoms with van der Waals surface area (Å²) in [5.41, 5.74) is -3.59. The summed E-state index contributed by atoms with van der Waals surface area (Å²) in [5.74, 6) is -0.128. The van der Waals surface area contributed by atoms with E-state index in [1.165, 1.54) is 21.4 Å². The Labute approximate surface area is 84.0 Å². The first-order valence-electron chi connectivity index (χ1n) is 3.97. The van der Waals surface area contributed by atoms with E-state index < -0.39 is 11.4 Å². The lowest BCUT2D eigenvalue weighted by Gasteiger charge is -2.08. The third-order valence-electron chi connectivity index (χ3n) is 1.40. The van der Waals surface area contributed by atoms with E-state index in [0.717, 1.165) is 6.08 Å². The normalized spacial score (nSPS) is 13.3. The number of rotatable bonds is 5. The number of carbonyl (C=O) groups is 1. The summed E-state index contributed by atoms with van der Waals surface area (Å²) >= 11 is 0. The van der Waals surface area contributed by atoms with Crippen LogP contribution in [-0.2, 0) is 4.79 Å². The molecule has 0 N–H and O–H groups in total. The summed E-state index contributed by atoms with van der Waals surface area (Å²) in [6, 6.07) is 0. The maximum atomic E-state index is 12.6. The molecule has 78 valence electrons.